The summed E-state index contributed by atoms with van der Waals surface area (Å²) in [5.41, 5.74) is 0.828. The molecule has 158 valence electrons. The summed E-state index contributed by atoms with van der Waals surface area (Å²) in [6.45, 7) is 10.1. The Hall–Kier alpha value is -2.10. The van der Waals surface area contributed by atoms with E-state index in [1.54, 1.807) is 7.11 Å². The Balaban J connectivity index is 1.56. The lowest BCUT2D eigenvalue weighted by Gasteiger charge is -2.40. The van der Waals surface area contributed by atoms with Crippen LogP contribution < -0.4 is 10.1 Å². The Labute approximate surface area is 176 Å². The number of aryl methyl sites for hydroxylation is 1. The van der Waals surface area contributed by atoms with E-state index in [2.05, 4.69) is 34.3 Å². The molecule has 1 amide bonds. The van der Waals surface area contributed by atoms with Gasteiger partial charge in [-0.15, -0.1) is 10.2 Å². The SMILES string of the molecule is COc1ccc(-n2c(C)nnc2SCC(=O)NCC(C)(C)N2CCOCC2)cc1. The lowest BCUT2D eigenvalue weighted by atomic mass is 10.0. The Kier molecular flexibility index (Phi) is 7.15. The molecule has 0 unspecified atom stereocenters. The standard InChI is InChI=1S/C20H29N5O3S/c1-15-22-23-19(25(15)16-5-7-17(27-4)8-6-16)29-13-18(26)21-14-20(2,3)24-9-11-28-12-10-24/h5-8H,9-14H2,1-4H3,(H,21,26). The van der Waals surface area contributed by atoms with Gasteiger partial charge in [0.15, 0.2) is 5.16 Å². The number of nitrogens with one attached hydrogen (secondary N) is 1. The number of hydrogen-bond acceptors (Lipinski definition) is 7. The molecule has 1 fully saturated rings. The highest BCUT2D eigenvalue weighted by molar-refractivity contribution is 7.99. The zero-order chi connectivity index (χ0) is 20.9. The Morgan fingerprint density at radius 2 is 1.93 bits per heavy atom. The number of morpholine rings is 1. The molecule has 0 bridgehead atoms. The number of methoxy groups -OCH3 is 1. The zero-order valence-electron chi connectivity index (χ0n) is 17.5. The van der Waals surface area contributed by atoms with Crippen LogP contribution in [-0.2, 0) is 9.53 Å². The van der Waals surface area contributed by atoms with Crippen molar-refractivity contribution in [2.45, 2.75) is 31.5 Å². The van der Waals surface area contributed by atoms with Crippen molar-refractivity contribution in [1.82, 2.24) is 25.0 Å². The number of hydrogen-bond donors (Lipinski definition) is 1. The smallest absolute Gasteiger partial charge is 0.230 e. The number of benzene rings is 1. The van der Waals surface area contributed by atoms with Gasteiger partial charge in [-0.05, 0) is 45.0 Å². The van der Waals surface area contributed by atoms with Gasteiger partial charge >= 0.3 is 0 Å². The van der Waals surface area contributed by atoms with Crippen molar-refractivity contribution in [2.75, 3.05) is 45.7 Å². The molecule has 2 heterocycles. The molecule has 1 aliphatic heterocycles. The third kappa shape index (κ3) is 5.49. The monoisotopic (exact) mass is 419 g/mol. The van der Waals surface area contributed by atoms with Crippen molar-refractivity contribution in [3.63, 3.8) is 0 Å². The molecule has 0 saturated carbocycles. The molecule has 0 aliphatic carbocycles. The Morgan fingerprint density at radius 3 is 2.59 bits per heavy atom. The molecule has 0 atom stereocenters. The molecule has 29 heavy (non-hydrogen) atoms. The fraction of sp³-hybridized carbons (Fsp3) is 0.550. The fourth-order valence-corrected chi connectivity index (χ4v) is 4.07. The molecule has 0 spiro atoms. The van der Waals surface area contributed by atoms with E-state index in [-0.39, 0.29) is 17.2 Å². The first-order valence-corrected chi connectivity index (χ1v) is 10.7. The van der Waals surface area contributed by atoms with E-state index >= 15 is 0 Å². The summed E-state index contributed by atoms with van der Waals surface area (Å²) in [6.07, 6.45) is 0. The minimum absolute atomic E-state index is 0.0155. The minimum atomic E-state index is -0.107. The number of amides is 1. The normalized spacial score (nSPS) is 15.3. The lowest BCUT2D eigenvalue weighted by molar-refractivity contribution is -0.119. The van der Waals surface area contributed by atoms with Gasteiger partial charge in [-0.1, -0.05) is 11.8 Å². The summed E-state index contributed by atoms with van der Waals surface area (Å²) in [5, 5.41) is 12.1. The van der Waals surface area contributed by atoms with E-state index in [4.69, 9.17) is 9.47 Å². The van der Waals surface area contributed by atoms with Crippen molar-refractivity contribution < 1.29 is 14.3 Å². The summed E-state index contributed by atoms with van der Waals surface area (Å²) >= 11 is 1.38. The van der Waals surface area contributed by atoms with Crippen molar-refractivity contribution in [3.05, 3.63) is 30.1 Å². The van der Waals surface area contributed by atoms with Crippen LogP contribution in [0, 0.1) is 6.92 Å². The average molecular weight is 420 g/mol. The van der Waals surface area contributed by atoms with E-state index < -0.39 is 0 Å². The van der Waals surface area contributed by atoms with Crippen LogP contribution in [0.3, 0.4) is 0 Å². The molecule has 1 aliphatic rings. The summed E-state index contributed by atoms with van der Waals surface area (Å²) in [5.74, 6) is 1.83. The van der Waals surface area contributed by atoms with Crippen molar-refractivity contribution >= 4 is 17.7 Å². The van der Waals surface area contributed by atoms with Crippen LogP contribution in [0.1, 0.15) is 19.7 Å². The van der Waals surface area contributed by atoms with E-state index in [1.165, 1.54) is 11.8 Å². The predicted molar refractivity (Wildman–Crippen MR) is 113 cm³/mol. The van der Waals surface area contributed by atoms with Crippen LogP contribution in [-0.4, -0.2) is 76.8 Å². The number of carbonyl (C=O) groups excluding carboxylic acids is 1. The molecule has 1 N–H and O–H groups in total. The second-order valence-corrected chi connectivity index (χ2v) is 8.48. The van der Waals surface area contributed by atoms with Crippen LogP contribution in [0.4, 0.5) is 0 Å². The van der Waals surface area contributed by atoms with E-state index in [9.17, 15) is 4.79 Å². The van der Waals surface area contributed by atoms with E-state index in [0.29, 0.717) is 11.7 Å². The molecular formula is C20H29N5O3S. The number of rotatable bonds is 8. The first-order chi connectivity index (χ1) is 13.9. The van der Waals surface area contributed by atoms with Gasteiger partial charge in [0.05, 0.1) is 26.1 Å². The maximum atomic E-state index is 12.4. The van der Waals surface area contributed by atoms with Crippen LogP contribution in [0.15, 0.2) is 29.4 Å². The van der Waals surface area contributed by atoms with Crippen LogP contribution >= 0.6 is 11.8 Å². The molecule has 1 aromatic carbocycles. The summed E-state index contributed by atoms with van der Waals surface area (Å²) in [6, 6.07) is 7.68. The molecular weight excluding hydrogens is 390 g/mol. The second-order valence-electron chi connectivity index (χ2n) is 7.54. The number of ether oxygens (including phenoxy) is 2. The highest BCUT2D eigenvalue weighted by Gasteiger charge is 2.28. The molecule has 8 nitrogen and oxygen atoms in total. The highest BCUT2D eigenvalue weighted by atomic mass is 32.2. The van der Waals surface area contributed by atoms with Gasteiger partial charge in [0.25, 0.3) is 0 Å². The Morgan fingerprint density at radius 1 is 1.24 bits per heavy atom. The molecule has 9 heteroatoms. The third-order valence-corrected chi connectivity index (χ3v) is 5.97. The maximum Gasteiger partial charge on any atom is 0.230 e. The molecule has 3 rings (SSSR count). The first kappa shape index (κ1) is 21.6. The summed E-state index contributed by atoms with van der Waals surface area (Å²) < 4.78 is 12.6. The zero-order valence-corrected chi connectivity index (χ0v) is 18.3. The molecule has 0 radical (unpaired) electrons. The topological polar surface area (TPSA) is 81.5 Å². The molecule has 2 aromatic rings. The van der Waals surface area contributed by atoms with E-state index in [0.717, 1.165) is 43.6 Å². The van der Waals surface area contributed by atoms with Crippen LogP contribution in [0.25, 0.3) is 5.69 Å². The Bertz CT molecular complexity index is 816. The van der Waals surface area contributed by atoms with Gasteiger partial charge in [0, 0.05) is 30.9 Å². The third-order valence-electron chi connectivity index (χ3n) is 5.04. The van der Waals surface area contributed by atoms with Gasteiger partial charge in [-0.2, -0.15) is 0 Å². The van der Waals surface area contributed by atoms with Crippen LogP contribution in [0.2, 0.25) is 0 Å². The minimum Gasteiger partial charge on any atom is -0.497 e. The van der Waals surface area contributed by atoms with E-state index in [1.807, 2.05) is 35.8 Å². The lowest BCUT2D eigenvalue weighted by Crippen LogP contribution is -2.55. The van der Waals surface area contributed by atoms with Gasteiger partial charge in [-0.3, -0.25) is 14.3 Å². The predicted octanol–water partition coefficient (Wildman–Crippen LogP) is 1.90. The van der Waals surface area contributed by atoms with Crippen molar-refractivity contribution in [2.24, 2.45) is 0 Å². The second kappa shape index (κ2) is 9.60. The molecule has 1 aromatic heterocycles. The number of carbonyl (C=O) groups is 1. The maximum absolute atomic E-state index is 12.4. The van der Waals surface area contributed by atoms with Crippen LogP contribution in [0.5, 0.6) is 5.75 Å². The number of thioether (sulfide) groups is 1. The first-order valence-electron chi connectivity index (χ1n) is 9.69. The van der Waals surface area contributed by atoms with Crippen molar-refractivity contribution in [3.8, 4) is 11.4 Å². The largest absolute Gasteiger partial charge is 0.497 e. The summed E-state index contributed by atoms with van der Waals surface area (Å²) in [4.78, 5) is 14.8. The van der Waals surface area contributed by atoms with Gasteiger partial charge in [0.1, 0.15) is 11.6 Å². The summed E-state index contributed by atoms with van der Waals surface area (Å²) in [7, 11) is 1.64. The number of aromatic nitrogens is 3. The van der Waals surface area contributed by atoms with Gasteiger partial charge < -0.3 is 14.8 Å². The molecule has 1 saturated heterocycles. The average Bonchev–Trinajstić information content (AvgIpc) is 3.12. The van der Waals surface area contributed by atoms with Gasteiger partial charge in [-0.25, -0.2) is 0 Å². The quantitative estimate of drug-likeness (QED) is 0.655. The highest BCUT2D eigenvalue weighted by Crippen LogP contribution is 2.23. The number of nitrogens with zero attached hydrogens (tertiary/aromatic N) is 4. The fourth-order valence-electron chi connectivity index (χ4n) is 3.24. The van der Waals surface area contributed by atoms with Crippen molar-refractivity contribution in [1.29, 1.82) is 0 Å². The van der Waals surface area contributed by atoms with Gasteiger partial charge in [0.2, 0.25) is 5.91 Å².